The Balaban J connectivity index is 0.00000392. The van der Waals surface area contributed by atoms with Crippen molar-refractivity contribution in [3.05, 3.63) is 35.1 Å². The van der Waals surface area contributed by atoms with Crippen molar-refractivity contribution in [1.29, 1.82) is 0 Å². The molecule has 3 N–H and O–H groups in total. The molecule has 1 fully saturated rings. The molecule has 0 unspecified atom stereocenters. The van der Waals surface area contributed by atoms with Gasteiger partial charge in [0.15, 0.2) is 0 Å². The van der Waals surface area contributed by atoms with Gasteiger partial charge in [0.25, 0.3) is 5.91 Å². The Morgan fingerprint density at radius 1 is 1.14 bits per heavy atom. The standard InChI is InChI=1S/C19H27FN4O3.ClH/c1-12(2)17(21)18(26)22-11-16(25)23-6-8-24(9-7-23)19(27)14-5-4-13(3)15(20)10-14;/h4-5,10,12,17H,6-9,11,21H2,1-3H3,(H,22,26);1H/t17-;/m0./s1. The summed E-state index contributed by atoms with van der Waals surface area (Å²) in [6.45, 7) is 6.65. The van der Waals surface area contributed by atoms with E-state index in [1.165, 1.54) is 6.07 Å². The highest BCUT2D eigenvalue weighted by atomic mass is 35.5. The molecule has 1 aliphatic rings. The van der Waals surface area contributed by atoms with Crippen LogP contribution in [0.1, 0.15) is 29.8 Å². The Hall–Kier alpha value is -2.19. The van der Waals surface area contributed by atoms with Crippen LogP contribution in [0.3, 0.4) is 0 Å². The first-order valence-electron chi connectivity index (χ1n) is 9.07. The molecule has 3 amide bonds. The van der Waals surface area contributed by atoms with Gasteiger partial charge in [0, 0.05) is 31.7 Å². The van der Waals surface area contributed by atoms with Crippen LogP contribution < -0.4 is 11.1 Å². The summed E-state index contributed by atoms with van der Waals surface area (Å²) in [7, 11) is 0. The first-order chi connectivity index (χ1) is 12.7. The highest BCUT2D eigenvalue weighted by molar-refractivity contribution is 5.94. The number of hydrogen-bond acceptors (Lipinski definition) is 4. The molecule has 0 aliphatic carbocycles. The number of piperazine rings is 1. The van der Waals surface area contributed by atoms with E-state index < -0.39 is 11.9 Å². The van der Waals surface area contributed by atoms with E-state index in [0.29, 0.717) is 37.3 Å². The number of amides is 3. The van der Waals surface area contributed by atoms with Gasteiger partial charge in [0.1, 0.15) is 5.82 Å². The summed E-state index contributed by atoms with van der Waals surface area (Å²) in [5.74, 6) is -1.25. The predicted molar refractivity (Wildman–Crippen MR) is 107 cm³/mol. The fraction of sp³-hybridized carbons (Fsp3) is 0.526. The van der Waals surface area contributed by atoms with Gasteiger partial charge in [-0.2, -0.15) is 0 Å². The molecular weight excluding hydrogens is 387 g/mol. The monoisotopic (exact) mass is 414 g/mol. The van der Waals surface area contributed by atoms with E-state index >= 15 is 0 Å². The number of benzene rings is 1. The summed E-state index contributed by atoms with van der Waals surface area (Å²) in [4.78, 5) is 39.7. The molecule has 7 nitrogen and oxygen atoms in total. The zero-order valence-electron chi connectivity index (χ0n) is 16.4. The fourth-order valence-corrected chi connectivity index (χ4v) is 2.76. The Labute approximate surface area is 170 Å². The van der Waals surface area contributed by atoms with Crippen LogP contribution in [0.5, 0.6) is 0 Å². The van der Waals surface area contributed by atoms with Crippen LogP contribution in [0, 0.1) is 18.7 Å². The Morgan fingerprint density at radius 2 is 1.71 bits per heavy atom. The van der Waals surface area contributed by atoms with Crippen LogP contribution in [0.15, 0.2) is 18.2 Å². The van der Waals surface area contributed by atoms with Gasteiger partial charge in [-0.25, -0.2) is 4.39 Å². The van der Waals surface area contributed by atoms with Crippen LogP contribution in [0.4, 0.5) is 4.39 Å². The molecular formula is C19H28ClFN4O3. The molecule has 28 heavy (non-hydrogen) atoms. The van der Waals surface area contributed by atoms with E-state index in [-0.39, 0.29) is 42.6 Å². The lowest BCUT2D eigenvalue weighted by molar-refractivity contribution is -0.134. The smallest absolute Gasteiger partial charge is 0.254 e. The number of hydrogen-bond donors (Lipinski definition) is 2. The Bertz CT molecular complexity index is 721. The molecule has 1 aromatic rings. The fourth-order valence-electron chi connectivity index (χ4n) is 2.76. The quantitative estimate of drug-likeness (QED) is 0.749. The number of carbonyl (C=O) groups is 3. The van der Waals surface area contributed by atoms with E-state index in [4.69, 9.17) is 5.73 Å². The molecule has 1 aliphatic heterocycles. The van der Waals surface area contributed by atoms with Crippen LogP contribution in [0.25, 0.3) is 0 Å². The summed E-state index contributed by atoms with van der Waals surface area (Å²) < 4.78 is 13.7. The first-order valence-corrected chi connectivity index (χ1v) is 9.07. The maximum atomic E-state index is 13.7. The highest BCUT2D eigenvalue weighted by Gasteiger charge is 2.26. The van der Waals surface area contributed by atoms with Crippen LogP contribution in [0.2, 0.25) is 0 Å². The first kappa shape index (κ1) is 23.8. The second kappa shape index (κ2) is 10.4. The van der Waals surface area contributed by atoms with Crippen molar-refractivity contribution < 1.29 is 18.8 Å². The van der Waals surface area contributed by atoms with Crippen LogP contribution >= 0.6 is 12.4 Å². The minimum atomic E-state index is -0.651. The third kappa shape index (κ3) is 5.90. The molecule has 1 saturated heterocycles. The minimum absolute atomic E-state index is 0. The van der Waals surface area contributed by atoms with Gasteiger partial charge in [0.2, 0.25) is 11.8 Å². The second-order valence-electron chi connectivity index (χ2n) is 7.12. The SMILES string of the molecule is Cc1ccc(C(=O)N2CCN(C(=O)CNC(=O)[C@@H](N)C(C)C)CC2)cc1F.Cl. The van der Waals surface area contributed by atoms with E-state index in [9.17, 15) is 18.8 Å². The van der Waals surface area contributed by atoms with Crippen LogP contribution in [-0.2, 0) is 9.59 Å². The molecule has 0 saturated carbocycles. The van der Waals surface area contributed by atoms with E-state index in [1.807, 2.05) is 13.8 Å². The second-order valence-corrected chi connectivity index (χ2v) is 7.12. The van der Waals surface area contributed by atoms with Gasteiger partial charge < -0.3 is 20.9 Å². The highest BCUT2D eigenvalue weighted by Crippen LogP contribution is 2.13. The Kier molecular flexibility index (Phi) is 8.84. The lowest BCUT2D eigenvalue weighted by atomic mass is 10.1. The van der Waals surface area contributed by atoms with Crippen molar-refractivity contribution >= 4 is 30.1 Å². The van der Waals surface area contributed by atoms with Crippen LogP contribution in [-0.4, -0.2) is 66.3 Å². The minimum Gasteiger partial charge on any atom is -0.346 e. The maximum Gasteiger partial charge on any atom is 0.254 e. The molecule has 1 atom stereocenters. The van der Waals surface area contributed by atoms with Gasteiger partial charge >= 0.3 is 0 Å². The Morgan fingerprint density at radius 3 is 2.25 bits per heavy atom. The molecule has 0 bridgehead atoms. The molecule has 1 heterocycles. The van der Waals surface area contributed by atoms with Crippen molar-refractivity contribution in [1.82, 2.24) is 15.1 Å². The number of nitrogens with one attached hydrogen (secondary N) is 1. The number of aryl methyl sites for hydroxylation is 1. The summed E-state index contributed by atoms with van der Waals surface area (Å²) >= 11 is 0. The van der Waals surface area contributed by atoms with Crippen molar-refractivity contribution in [3.63, 3.8) is 0 Å². The number of rotatable bonds is 5. The van der Waals surface area contributed by atoms with Gasteiger partial charge in [-0.1, -0.05) is 19.9 Å². The molecule has 156 valence electrons. The largest absolute Gasteiger partial charge is 0.346 e. The van der Waals surface area contributed by atoms with E-state index in [2.05, 4.69) is 5.32 Å². The molecule has 0 aromatic heterocycles. The summed E-state index contributed by atoms with van der Waals surface area (Å²) in [5, 5.41) is 2.55. The van der Waals surface area contributed by atoms with Crippen molar-refractivity contribution in [2.75, 3.05) is 32.7 Å². The molecule has 0 radical (unpaired) electrons. The van der Waals surface area contributed by atoms with Gasteiger partial charge in [-0.05, 0) is 30.5 Å². The average molecular weight is 415 g/mol. The molecule has 1 aromatic carbocycles. The molecule has 0 spiro atoms. The normalized spacial score (nSPS) is 15.1. The predicted octanol–water partition coefficient (Wildman–Crippen LogP) is 0.940. The number of carbonyl (C=O) groups excluding carboxylic acids is 3. The summed E-state index contributed by atoms with van der Waals surface area (Å²) in [6, 6.07) is 3.77. The summed E-state index contributed by atoms with van der Waals surface area (Å²) in [5.41, 5.74) is 6.53. The third-order valence-corrected chi connectivity index (χ3v) is 4.77. The van der Waals surface area contributed by atoms with Crippen molar-refractivity contribution in [2.45, 2.75) is 26.8 Å². The number of halogens is 2. The maximum absolute atomic E-state index is 13.7. The lowest BCUT2D eigenvalue weighted by Crippen LogP contribution is -2.53. The molecule has 2 rings (SSSR count). The van der Waals surface area contributed by atoms with E-state index in [0.717, 1.165) is 0 Å². The zero-order chi connectivity index (χ0) is 20.1. The zero-order valence-corrected chi connectivity index (χ0v) is 17.2. The van der Waals surface area contributed by atoms with Crippen molar-refractivity contribution in [2.24, 2.45) is 11.7 Å². The third-order valence-electron chi connectivity index (χ3n) is 4.77. The number of nitrogens with two attached hydrogens (primary N) is 1. The van der Waals surface area contributed by atoms with Gasteiger partial charge in [-0.3, -0.25) is 14.4 Å². The van der Waals surface area contributed by atoms with E-state index in [1.54, 1.807) is 28.9 Å². The topological polar surface area (TPSA) is 95.7 Å². The van der Waals surface area contributed by atoms with Gasteiger partial charge in [0.05, 0.1) is 12.6 Å². The molecule has 9 heteroatoms. The lowest BCUT2D eigenvalue weighted by Gasteiger charge is -2.35. The number of nitrogens with zero attached hydrogens (tertiary/aromatic N) is 2. The summed E-state index contributed by atoms with van der Waals surface area (Å²) in [6.07, 6.45) is 0. The van der Waals surface area contributed by atoms with Crippen molar-refractivity contribution in [3.8, 4) is 0 Å². The average Bonchev–Trinajstić information content (AvgIpc) is 2.66. The van der Waals surface area contributed by atoms with Gasteiger partial charge in [-0.15, -0.1) is 12.4 Å².